The van der Waals surface area contributed by atoms with Crippen molar-refractivity contribution in [1.82, 2.24) is 19.7 Å². The van der Waals surface area contributed by atoms with Crippen molar-refractivity contribution in [3.05, 3.63) is 12.0 Å². The van der Waals surface area contributed by atoms with Crippen LogP contribution in [0, 0.1) is 0 Å². The van der Waals surface area contributed by atoms with Gasteiger partial charge in [0.2, 0.25) is 0 Å². The van der Waals surface area contributed by atoms with E-state index in [-0.39, 0.29) is 11.5 Å². The minimum Gasteiger partial charge on any atom is -0.387 e. The second-order valence-electron chi connectivity index (χ2n) is 5.99. The summed E-state index contributed by atoms with van der Waals surface area (Å²) >= 11 is 0. The average molecular weight is 404 g/mol. The summed E-state index contributed by atoms with van der Waals surface area (Å²) in [6.07, 6.45) is -4.47. The molecule has 0 amide bonds. The molecule has 13 nitrogen and oxygen atoms in total. The van der Waals surface area contributed by atoms with Gasteiger partial charge in [0.1, 0.15) is 36.2 Å². The number of nitrogen functional groups attached to an aromatic ring is 1. The zero-order valence-corrected chi connectivity index (χ0v) is 15.3. The molecule has 0 spiro atoms. The number of anilines is 1. The molecule has 0 aliphatic carbocycles. The normalized spacial score (nSPS) is 27.3. The van der Waals surface area contributed by atoms with E-state index in [1.807, 2.05) is 0 Å². The molecule has 0 bridgehead atoms. The molecule has 5 atom stereocenters. The van der Waals surface area contributed by atoms with Crippen LogP contribution in [0.3, 0.4) is 0 Å². The predicted molar refractivity (Wildman–Crippen MR) is 90.1 cm³/mol. The zero-order valence-electron chi connectivity index (χ0n) is 14.5. The molecule has 0 unspecified atom stereocenters. The fourth-order valence-electron chi connectivity index (χ4n) is 2.83. The van der Waals surface area contributed by atoms with Crippen LogP contribution in [0.5, 0.6) is 0 Å². The molecule has 0 aromatic carbocycles. The van der Waals surface area contributed by atoms with Crippen LogP contribution in [0.15, 0.2) is 6.33 Å². The van der Waals surface area contributed by atoms with Gasteiger partial charge in [0.25, 0.3) is 0 Å². The van der Waals surface area contributed by atoms with Gasteiger partial charge in [-0.15, -0.1) is 0 Å². The van der Waals surface area contributed by atoms with Crippen LogP contribution in [-0.4, -0.2) is 70.4 Å². The van der Waals surface area contributed by atoms with Crippen molar-refractivity contribution in [2.45, 2.75) is 37.6 Å². The fourth-order valence-corrected chi connectivity index (χ4v) is 3.15. The first-order valence-electron chi connectivity index (χ1n) is 7.84. The van der Waals surface area contributed by atoms with Crippen LogP contribution in [0.2, 0.25) is 0 Å². The number of aliphatic hydroxyl groups is 2. The highest BCUT2D eigenvalue weighted by Gasteiger charge is 2.45. The van der Waals surface area contributed by atoms with Crippen LogP contribution < -0.4 is 10.9 Å². The number of nitrogens with zero attached hydrogens (tertiary/aromatic N) is 4. The number of aromatic nitrogens is 4. The number of methoxy groups -OCH3 is 1. The van der Waals surface area contributed by atoms with Gasteiger partial charge < -0.3 is 25.4 Å². The highest BCUT2D eigenvalue weighted by Crippen LogP contribution is 2.35. The summed E-state index contributed by atoms with van der Waals surface area (Å²) in [6, 6.07) is 0. The smallest absolute Gasteiger partial charge is 0.333 e. The number of nitrogens with two attached hydrogens (primary N) is 2. The molecular formula is C13H20N6O7S. The molecule has 1 fully saturated rings. The Morgan fingerprint density at radius 3 is 2.70 bits per heavy atom. The molecule has 2 aromatic rings. The quantitative estimate of drug-likeness (QED) is 0.413. The van der Waals surface area contributed by atoms with E-state index < -0.39 is 47.6 Å². The highest BCUT2D eigenvalue weighted by molar-refractivity contribution is 7.84. The second kappa shape index (κ2) is 7.23. The summed E-state index contributed by atoms with van der Waals surface area (Å²) in [7, 11) is -2.75. The van der Waals surface area contributed by atoms with E-state index in [2.05, 4.69) is 19.2 Å². The molecule has 0 saturated carbocycles. The van der Waals surface area contributed by atoms with E-state index in [0.29, 0.717) is 11.1 Å². The van der Waals surface area contributed by atoms with E-state index in [4.69, 9.17) is 20.3 Å². The van der Waals surface area contributed by atoms with Crippen LogP contribution in [0.25, 0.3) is 11.0 Å². The molecule has 6 N–H and O–H groups in total. The molecule has 0 radical (unpaired) electrons. The van der Waals surface area contributed by atoms with Gasteiger partial charge in [-0.1, -0.05) is 0 Å². The number of hydrogen-bond acceptors (Lipinski definition) is 11. The summed E-state index contributed by atoms with van der Waals surface area (Å²) < 4.78 is 38.4. The Balaban J connectivity index is 1.99. The van der Waals surface area contributed by atoms with Gasteiger partial charge in [-0.05, 0) is 6.92 Å². The van der Waals surface area contributed by atoms with Gasteiger partial charge in [0.05, 0.1) is 18.1 Å². The molecule has 3 heterocycles. The number of hydrogen-bond donors (Lipinski definition) is 4. The van der Waals surface area contributed by atoms with E-state index >= 15 is 0 Å². The maximum atomic E-state index is 10.9. The van der Waals surface area contributed by atoms with Gasteiger partial charge in [0, 0.05) is 7.11 Å². The molecule has 1 aliphatic rings. The minimum atomic E-state index is -4.23. The third kappa shape index (κ3) is 3.73. The highest BCUT2D eigenvalue weighted by atomic mass is 32.2. The van der Waals surface area contributed by atoms with Crippen molar-refractivity contribution in [2.24, 2.45) is 5.14 Å². The molecule has 1 saturated heterocycles. The van der Waals surface area contributed by atoms with Gasteiger partial charge >= 0.3 is 10.3 Å². The number of ether oxygens (including phenoxy) is 2. The van der Waals surface area contributed by atoms with Crippen LogP contribution >= 0.6 is 0 Å². The lowest BCUT2D eigenvalue weighted by Gasteiger charge is -2.15. The Labute approximate surface area is 154 Å². The fraction of sp³-hybridized carbons (Fsp3) is 0.615. The summed E-state index contributed by atoms with van der Waals surface area (Å²) in [6.45, 7) is 1.16. The molecule has 14 heteroatoms. The summed E-state index contributed by atoms with van der Waals surface area (Å²) in [4.78, 5) is 8.06. The molecule has 27 heavy (non-hydrogen) atoms. The Morgan fingerprint density at radius 2 is 2.07 bits per heavy atom. The number of aliphatic hydroxyl groups excluding tert-OH is 2. The predicted octanol–water partition coefficient (Wildman–Crippen LogP) is -2.04. The van der Waals surface area contributed by atoms with Gasteiger partial charge in [-0.2, -0.15) is 13.5 Å². The molecule has 2 aromatic heterocycles. The average Bonchev–Trinajstić information content (AvgIpc) is 3.12. The van der Waals surface area contributed by atoms with E-state index in [1.54, 1.807) is 6.92 Å². The SMILES string of the molecule is CO[C@H](C)c1nn([C@@H]2O[C@H](COS(N)(=O)=O)[C@@H](O)[C@H]2O)c2ncnc(N)c12. The lowest BCUT2D eigenvalue weighted by molar-refractivity contribution is -0.0532. The van der Waals surface area contributed by atoms with Crippen molar-refractivity contribution in [3.8, 4) is 0 Å². The lowest BCUT2D eigenvalue weighted by Crippen LogP contribution is -2.35. The summed E-state index contributed by atoms with van der Waals surface area (Å²) in [5, 5.41) is 30.1. The molecule has 1 aliphatic heterocycles. The maximum absolute atomic E-state index is 10.9. The summed E-state index contributed by atoms with van der Waals surface area (Å²) in [5.74, 6) is 0.160. The van der Waals surface area contributed by atoms with Crippen molar-refractivity contribution in [1.29, 1.82) is 0 Å². The van der Waals surface area contributed by atoms with Crippen LogP contribution in [0.4, 0.5) is 5.82 Å². The van der Waals surface area contributed by atoms with Crippen LogP contribution in [0.1, 0.15) is 24.9 Å². The van der Waals surface area contributed by atoms with E-state index in [0.717, 1.165) is 0 Å². The van der Waals surface area contributed by atoms with Crippen molar-refractivity contribution in [2.75, 3.05) is 19.5 Å². The van der Waals surface area contributed by atoms with Gasteiger partial charge in [0.15, 0.2) is 11.9 Å². The first kappa shape index (κ1) is 19.8. The largest absolute Gasteiger partial charge is 0.387 e. The molecular weight excluding hydrogens is 384 g/mol. The topological polar surface area (TPSA) is 198 Å². The second-order valence-corrected chi connectivity index (χ2v) is 7.21. The number of fused-ring (bicyclic) bond motifs is 1. The number of rotatable bonds is 6. The van der Waals surface area contributed by atoms with Crippen molar-refractivity contribution >= 4 is 27.2 Å². The monoisotopic (exact) mass is 404 g/mol. The summed E-state index contributed by atoms with van der Waals surface area (Å²) in [5.41, 5.74) is 6.61. The maximum Gasteiger partial charge on any atom is 0.333 e. The standard InChI is InChI=1S/C13H20N6O7S/c1-5(24-2)8-7-11(14)16-4-17-12(7)19(18-8)13-10(21)9(20)6(26-13)3-25-27(15,22)23/h4-6,9-10,13,20-21H,3H2,1-2H3,(H2,14,16,17)(H2,15,22,23)/t5-,6-,9-,10-,13-/m1/s1. The van der Waals surface area contributed by atoms with Gasteiger partial charge in [-0.3, -0.25) is 4.18 Å². The Bertz CT molecular complexity index is 935. The third-order valence-electron chi connectivity index (χ3n) is 4.26. The van der Waals surface area contributed by atoms with Crippen molar-refractivity contribution in [3.63, 3.8) is 0 Å². The van der Waals surface area contributed by atoms with Gasteiger partial charge in [-0.25, -0.2) is 19.8 Å². The van der Waals surface area contributed by atoms with Crippen molar-refractivity contribution < 1.29 is 32.3 Å². The first-order chi connectivity index (χ1) is 12.6. The Morgan fingerprint density at radius 1 is 1.37 bits per heavy atom. The minimum absolute atomic E-state index is 0.160. The first-order valence-corrected chi connectivity index (χ1v) is 9.31. The lowest BCUT2D eigenvalue weighted by atomic mass is 10.1. The van der Waals surface area contributed by atoms with Crippen LogP contribution in [-0.2, 0) is 24.0 Å². The Hall–Kier alpha value is -1.94. The molecule has 150 valence electrons. The third-order valence-corrected chi connectivity index (χ3v) is 4.72. The zero-order chi connectivity index (χ0) is 19.9. The van der Waals surface area contributed by atoms with E-state index in [9.17, 15) is 18.6 Å². The van der Waals surface area contributed by atoms with E-state index in [1.165, 1.54) is 18.1 Å². The Kier molecular flexibility index (Phi) is 5.31. The molecule has 3 rings (SSSR count).